The molecule has 1 unspecified atom stereocenters. The normalized spacial score (nSPS) is 11.6. The minimum atomic E-state index is -1.07. The van der Waals surface area contributed by atoms with Crippen LogP contribution in [0.15, 0.2) is 23.3 Å². The van der Waals surface area contributed by atoms with E-state index in [1.54, 1.807) is 6.92 Å². The van der Waals surface area contributed by atoms with Crippen LogP contribution < -0.4 is 0 Å². The zero-order chi connectivity index (χ0) is 12.1. The average Bonchev–Trinajstić information content (AvgIpc) is 2.21. The van der Waals surface area contributed by atoms with E-state index in [0.717, 1.165) is 0 Å². The first-order chi connectivity index (χ1) is 7.54. The van der Waals surface area contributed by atoms with E-state index >= 15 is 0 Å². The van der Waals surface area contributed by atoms with E-state index in [4.69, 9.17) is 10.6 Å². The van der Waals surface area contributed by atoms with Gasteiger partial charge in [0, 0.05) is 4.91 Å². The zero-order valence-electron chi connectivity index (χ0n) is 8.59. The summed E-state index contributed by atoms with van der Waals surface area (Å²) in [4.78, 5) is 13.1. The Bertz CT molecular complexity index is 455. The number of nitrogens with zero attached hydrogens (tertiary/aromatic N) is 3. The Balaban J connectivity index is 3.05. The molecule has 0 spiro atoms. The summed E-state index contributed by atoms with van der Waals surface area (Å²) in [5.74, 6) is -1.45. The minimum absolute atomic E-state index is 0.310. The molecule has 1 atom stereocenters. The van der Waals surface area contributed by atoms with Crippen LogP contribution in [0.2, 0.25) is 0 Å². The number of aliphatic carboxylic acids is 1. The third-order valence-electron chi connectivity index (χ3n) is 2.13. The lowest BCUT2D eigenvalue weighted by molar-refractivity contribution is -0.137. The molecule has 16 heavy (non-hydrogen) atoms. The van der Waals surface area contributed by atoms with E-state index in [0.29, 0.717) is 11.1 Å². The Hall–Kier alpha value is -2.07. The molecule has 0 radical (unpaired) electrons. The fraction of sp³-hybridized carbons (Fsp3) is 0.300. The Morgan fingerprint density at radius 2 is 2.38 bits per heavy atom. The lowest BCUT2D eigenvalue weighted by Crippen LogP contribution is -2.04. The fourth-order valence-corrected chi connectivity index (χ4v) is 1.33. The molecule has 1 N–H and O–H groups in total. The highest BCUT2D eigenvalue weighted by Gasteiger charge is 2.14. The van der Waals surface area contributed by atoms with Gasteiger partial charge in [-0.3, -0.25) is 4.79 Å². The molecule has 0 heterocycles. The van der Waals surface area contributed by atoms with Crippen molar-refractivity contribution in [3.05, 3.63) is 45.6 Å². The third-order valence-corrected chi connectivity index (χ3v) is 2.13. The molecule has 0 aliphatic rings. The number of rotatable bonds is 4. The van der Waals surface area contributed by atoms with Gasteiger partial charge in [0.15, 0.2) is 0 Å². The Morgan fingerprint density at radius 1 is 1.69 bits per heavy atom. The van der Waals surface area contributed by atoms with Gasteiger partial charge in [-0.2, -0.15) is 0 Å². The van der Waals surface area contributed by atoms with Gasteiger partial charge < -0.3 is 5.11 Å². The van der Waals surface area contributed by atoms with Gasteiger partial charge in [-0.15, -0.1) is 0 Å². The van der Waals surface area contributed by atoms with Crippen LogP contribution in [0.1, 0.15) is 23.6 Å². The Morgan fingerprint density at radius 3 is 2.88 bits per heavy atom. The SMILES string of the molecule is Cc1cc(C(CC(=O)O)N=[N+]=[N-])ccc1F. The molecule has 1 aromatic carbocycles. The van der Waals surface area contributed by atoms with Crippen LogP contribution in [0.5, 0.6) is 0 Å². The van der Waals surface area contributed by atoms with E-state index in [1.165, 1.54) is 18.2 Å². The van der Waals surface area contributed by atoms with Gasteiger partial charge in [-0.1, -0.05) is 17.2 Å². The van der Waals surface area contributed by atoms with E-state index in [1.807, 2.05) is 0 Å². The van der Waals surface area contributed by atoms with E-state index in [9.17, 15) is 9.18 Å². The van der Waals surface area contributed by atoms with Crippen molar-refractivity contribution in [3.63, 3.8) is 0 Å². The molecule has 0 aromatic heterocycles. The standard InChI is InChI=1S/C10H10FN3O2/c1-6-4-7(2-3-8(6)11)9(13-14-12)5-10(15)16/h2-4,9H,5H2,1H3,(H,15,16). The largest absolute Gasteiger partial charge is 0.481 e. The minimum Gasteiger partial charge on any atom is -0.481 e. The number of aryl methyl sites for hydroxylation is 1. The van der Waals surface area contributed by atoms with Gasteiger partial charge in [-0.05, 0) is 29.6 Å². The number of carboxylic acid groups (broad SMARTS) is 1. The van der Waals surface area contributed by atoms with Gasteiger partial charge in [0.2, 0.25) is 0 Å². The Kier molecular flexibility index (Phi) is 3.85. The molecule has 84 valence electrons. The first kappa shape index (κ1) is 12.0. The maximum Gasteiger partial charge on any atom is 0.304 e. The second-order valence-corrected chi connectivity index (χ2v) is 3.33. The number of hydrogen-bond acceptors (Lipinski definition) is 2. The van der Waals surface area contributed by atoms with Gasteiger partial charge in [0.25, 0.3) is 0 Å². The van der Waals surface area contributed by atoms with E-state index < -0.39 is 12.0 Å². The molecule has 0 saturated carbocycles. The van der Waals surface area contributed by atoms with Crippen molar-refractivity contribution < 1.29 is 14.3 Å². The highest BCUT2D eigenvalue weighted by molar-refractivity contribution is 5.68. The summed E-state index contributed by atoms with van der Waals surface area (Å²) in [7, 11) is 0. The van der Waals surface area contributed by atoms with Gasteiger partial charge >= 0.3 is 5.97 Å². The van der Waals surface area contributed by atoms with E-state index in [-0.39, 0.29) is 12.2 Å². The molecule has 1 aromatic rings. The van der Waals surface area contributed by atoms with Crippen molar-refractivity contribution in [2.45, 2.75) is 19.4 Å². The molecule has 0 bridgehead atoms. The summed E-state index contributed by atoms with van der Waals surface area (Å²) in [5, 5.41) is 12.0. The molecule has 0 saturated heterocycles. The highest BCUT2D eigenvalue weighted by atomic mass is 19.1. The van der Waals surface area contributed by atoms with Gasteiger partial charge in [0.05, 0.1) is 12.5 Å². The maximum atomic E-state index is 13.0. The van der Waals surface area contributed by atoms with Crippen LogP contribution >= 0.6 is 0 Å². The van der Waals surface area contributed by atoms with Crippen LogP contribution in [-0.4, -0.2) is 11.1 Å². The molecule has 6 heteroatoms. The van der Waals surface area contributed by atoms with Crippen molar-refractivity contribution >= 4 is 5.97 Å². The topological polar surface area (TPSA) is 86.1 Å². The first-order valence-corrected chi connectivity index (χ1v) is 4.56. The number of carboxylic acids is 1. The number of benzene rings is 1. The smallest absolute Gasteiger partial charge is 0.304 e. The summed E-state index contributed by atoms with van der Waals surface area (Å²) >= 11 is 0. The predicted molar refractivity (Wildman–Crippen MR) is 55.3 cm³/mol. The number of carbonyl (C=O) groups is 1. The number of hydrogen-bond donors (Lipinski definition) is 1. The zero-order valence-corrected chi connectivity index (χ0v) is 8.59. The highest BCUT2D eigenvalue weighted by Crippen LogP contribution is 2.23. The summed E-state index contributed by atoms with van der Waals surface area (Å²) in [6, 6.07) is 3.33. The van der Waals surface area contributed by atoms with E-state index in [2.05, 4.69) is 10.0 Å². The maximum absolute atomic E-state index is 13.0. The third kappa shape index (κ3) is 2.96. The van der Waals surface area contributed by atoms with Gasteiger partial charge in [0.1, 0.15) is 5.82 Å². The summed E-state index contributed by atoms with van der Waals surface area (Å²) in [6.07, 6.45) is -0.310. The molecular weight excluding hydrogens is 213 g/mol. The molecule has 0 amide bonds. The molecule has 0 fully saturated rings. The van der Waals surface area contributed by atoms with Crippen LogP contribution in [-0.2, 0) is 4.79 Å². The molecule has 1 rings (SSSR count). The van der Waals surface area contributed by atoms with Gasteiger partial charge in [-0.25, -0.2) is 4.39 Å². The second kappa shape index (κ2) is 5.14. The number of azide groups is 1. The lowest BCUT2D eigenvalue weighted by Gasteiger charge is -2.09. The monoisotopic (exact) mass is 223 g/mol. The van der Waals surface area contributed by atoms with Crippen molar-refractivity contribution in [3.8, 4) is 0 Å². The second-order valence-electron chi connectivity index (χ2n) is 3.33. The first-order valence-electron chi connectivity index (χ1n) is 4.56. The predicted octanol–water partition coefficient (Wildman–Crippen LogP) is 2.96. The van der Waals surface area contributed by atoms with Crippen molar-refractivity contribution in [1.82, 2.24) is 0 Å². The molecule has 5 nitrogen and oxygen atoms in total. The van der Waals surface area contributed by atoms with Crippen molar-refractivity contribution in [2.24, 2.45) is 5.11 Å². The van der Waals surface area contributed by atoms with Crippen LogP contribution in [0.3, 0.4) is 0 Å². The van der Waals surface area contributed by atoms with Crippen molar-refractivity contribution in [1.29, 1.82) is 0 Å². The fourth-order valence-electron chi connectivity index (χ4n) is 1.33. The lowest BCUT2D eigenvalue weighted by atomic mass is 10.0. The number of halogens is 1. The summed E-state index contributed by atoms with van der Waals surface area (Å²) in [5.41, 5.74) is 9.22. The molecular formula is C10H10FN3O2. The summed E-state index contributed by atoms with van der Waals surface area (Å²) in [6.45, 7) is 1.56. The van der Waals surface area contributed by atoms with Crippen LogP contribution in [0, 0.1) is 12.7 Å². The van der Waals surface area contributed by atoms with Crippen molar-refractivity contribution in [2.75, 3.05) is 0 Å². The summed E-state index contributed by atoms with van der Waals surface area (Å²) < 4.78 is 13.0. The quantitative estimate of drug-likeness (QED) is 0.483. The van der Waals surface area contributed by atoms with Crippen LogP contribution in [0.25, 0.3) is 10.4 Å². The Labute approximate surface area is 91.1 Å². The molecule has 0 aliphatic carbocycles. The van der Waals surface area contributed by atoms with Crippen LogP contribution in [0.4, 0.5) is 4.39 Å². The average molecular weight is 223 g/mol. The molecule has 0 aliphatic heterocycles.